The molecule has 0 aliphatic carbocycles. The molecule has 1 aromatic carbocycles. The normalized spacial score (nSPS) is 14.1. The Bertz CT molecular complexity index is 348. The first-order chi connectivity index (χ1) is 5.86. The van der Waals surface area contributed by atoms with Crippen molar-refractivity contribution in [2.75, 3.05) is 0 Å². The van der Waals surface area contributed by atoms with Crippen LogP contribution in [0.1, 0.15) is 16.7 Å². The first-order valence-corrected chi connectivity index (χ1v) is 4.14. The minimum atomic E-state index is 0.996. The molecule has 0 radical (unpaired) electrons. The lowest BCUT2D eigenvalue weighted by molar-refractivity contribution is 1.25. The Morgan fingerprint density at radius 2 is 2.25 bits per heavy atom. The first-order valence-electron chi connectivity index (χ1n) is 4.14. The summed E-state index contributed by atoms with van der Waals surface area (Å²) in [6, 6.07) is 6.49. The van der Waals surface area contributed by atoms with Crippen LogP contribution in [0.15, 0.2) is 35.5 Å². The molecule has 0 amide bonds. The third-order valence-electron chi connectivity index (χ3n) is 2.04. The molecule has 1 aliphatic rings. The van der Waals surface area contributed by atoms with Crippen LogP contribution in [0.3, 0.4) is 0 Å². The largest absolute Gasteiger partial charge is 0.264 e. The summed E-state index contributed by atoms with van der Waals surface area (Å²) < 4.78 is 0. The molecule has 1 aromatic rings. The maximum atomic E-state index is 4.15. The van der Waals surface area contributed by atoms with Gasteiger partial charge in [-0.05, 0) is 24.5 Å². The van der Waals surface area contributed by atoms with Crippen LogP contribution >= 0.6 is 0 Å². The van der Waals surface area contributed by atoms with E-state index in [9.17, 15) is 0 Å². The van der Waals surface area contributed by atoms with Gasteiger partial charge in [0.1, 0.15) is 0 Å². The van der Waals surface area contributed by atoms with Gasteiger partial charge in [0.25, 0.3) is 0 Å². The maximum Gasteiger partial charge on any atom is 0.0343 e. The lowest BCUT2D eigenvalue weighted by Crippen LogP contribution is -1.90. The van der Waals surface area contributed by atoms with Crippen molar-refractivity contribution in [2.45, 2.75) is 13.3 Å². The standard InChI is InChI=1S/C11H11N/c1-9-4-5-10-3-2-6-12-8-11(10)7-9/h2,4-8H,3H2,1H3. The van der Waals surface area contributed by atoms with E-state index in [2.05, 4.69) is 36.2 Å². The number of hydrogen-bond acceptors (Lipinski definition) is 1. The fraction of sp³-hybridized carbons (Fsp3) is 0.182. The molecule has 0 saturated carbocycles. The summed E-state index contributed by atoms with van der Waals surface area (Å²) >= 11 is 0. The molecule has 0 bridgehead atoms. The summed E-state index contributed by atoms with van der Waals surface area (Å²) in [6.45, 7) is 2.10. The highest BCUT2D eigenvalue weighted by atomic mass is 14.7. The number of aryl methyl sites for hydroxylation is 1. The molecule has 1 heteroatoms. The highest BCUT2D eigenvalue weighted by Crippen LogP contribution is 2.12. The molecule has 0 saturated heterocycles. The quantitative estimate of drug-likeness (QED) is 0.548. The third kappa shape index (κ3) is 1.30. The summed E-state index contributed by atoms with van der Waals surface area (Å²) in [5.41, 5.74) is 3.90. The molecule has 1 nitrogen and oxygen atoms in total. The highest BCUT2D eigenvalue weighted by molar-refractivity contribution is 5.83. The second kappa shape index (κ2) is 2.94. The second-order valence-corrected chi connectivity index (χ2v) is 3.07. The van der Waals surface area contributed by atoms with Crippen molar-refractivity contribution in [3.05, 3.63) is 47.2 Å². The molecule has 0 unspecified atom stereocenters. The molecule has 0 fully saturated rings. The zero-order chi connectivity index (χ0) is 8.39. The Hall–Kier alpha value is -1.37. The summed E-state index contributed by atoms with van der Waals surface area (Å²) in [5, 5.41) is 0. The fourth-order valence-corrected chi connectivity index (χ4v) is 1.38. The first kappa shape index (κ1) is 7.29. The molecule has 0 atom stereocenters. The van der Waals surface area contributed by atoms with Crippen molar-refractivity contribution < 1.29 is 0 Å². The zero-order valence-electron chi connectivity index (χ0n) is 7.12. The topological polar surface area (TPSA) is 12.4 Å². The number of benzene rings is 1. The molecule has 12 heavy (non-hydrogen) atoms. The molecule has 0 N–H and O–H groups in total. The summed E-state index contributed by atoms with van der Waals surface area (Å²) in [6.07, 6.45) is 6.86. The van der Waals surface area contributed by atoms with E-state index in [0.717, 1.165) is 6.42 Å². The van der Waals surface area contributed by atoms with E-state index in [4.69, 9.17) is 0 Å². The van der Waals surface area contributed by atoms with Crippen LogP contribution in [-0.2, 0) is 6.42 Å². The minimum Gasteiger partial charge on any atom is -0.264 e. The molecule has 0 aromatic heterocycles. The summed E-state index contributed by atoms with van der Waals surface area (Å²) in [5.74, 6) is 0. The Labute approximate surface area is 72.5 Å². The van der Waals surface area contributed by atoms with E-state index >= 15 is 0 Å². The van der Waals surface area contributed by atoms with E-state index in [0.29, 0.717) is 0 Å². The average molecular weight is 157 g/mol. The minimum absolute atomic E-state index is 0.996. The molecule has 2 rings (SSSR count). The van der Waals surface area contributed by atoms with Crippen LogP contribution in [0.25, 0.3) is 0 Å². The predicted octanol–water partition coefficient (Wildman–Crippen LogP) is 2.48. The number of fused-ring (bicyclic) bond motifs is 1. The molecular formula is C11H11N. The monoisotopic (exact) mass is 157 g/mol. The van der Waals surface area contributed by atoms with E-state index in [1.165, 1.54) is 16.7 Å². The van der Waals surface area contributed by atoms with Crippen molar-refractivity contribution in [3.8, 4) is 0 Å². The lowest BCUT2D eigenvalue weighted by atomic mass is 10.0. The van der Waals surface area contributed by atoms with Crippen LogP contribution in [0.4, 0.5) is 0 Å². The van der Waals surface area contributed by atoms with Gasteiger partial charge < -0.3 is 0 Å². The Balaban J connectivity index is 2.53. The van der Waals surface area contributed by atoms with E-state index in [-0.39, 0.29) is 0 Å². The maximum absolute atomic E-state index is 4.15. The van der Waals surface area contributed by atoms with E-state index in [1.54, 1.807) is 0 Å². The Kier molecular flexibility index (Phi) is 1.78. The van der Waals surface area contributed by atoms with Gasteiger partial charge in [-0.25, -0.2) is 0 Å². The van der Waals surface area contributed by atoms with Crippen molar-refractivity contribution in [1.82, 2.24) is 0 Å². The Morgan fingerprint density at radius 1 is 1.33 bits per heavy atom. The van der Waals surface area contributed by atoms with Gasteiger partial charge in [0.05, 0.1) is 0 Å². The van der Waals surface area contributed by atoms with Crippen molar-refractivity contribution in [1.29, 1.82) is 0 Å². The van der Waals surface area contributed by atoms with Crippen molar-refractivity contribution in [2.24, 2.45) is 4.99 Å². The van der Waals surface area contributed by atoms with Crippen molar-refractivity contribution in [3.63, 3.8) is 0 Å². The smallest absolute Gasteiger partial charge is 0.0343 e. The highest BCUT2D eigenvalue weighted by Gasteiger charge is 2.00. The zero-order valence-corrected chi connectivity index (χ0v) is 7.12. The average Bonchev–Trinajstić information content (AvgIpc) is 2.28. The number of rotatable bonds is 0. The number of aliphatic imine (C=N–C) groups is 1. The lowest BCUT2D eigenvalue weighted by Gasteiger charge is -2.01. The van der Waals surface area contributed by atoms with Crippen LogP contribution in [0, 0.1) is 6.92 Å². The van der Waals surface area contributed by atoms with Gasteiger partial charge >= 0.3 is 0 Å². The van der Waals surface area contributed by atoms with Gasteiger partial charge in [-0.2, -0.15) is 0 Å². The van der Waals surface area contributed by atoms with Crippen molar-refractivity contribution >= 4 is 6.21 Å². The van der Waals surface area contributed by atoms with Crippen LogP contribution in [0.2, 0.25) is 0 Å². The van der Waals surface area contributed by atoms with Gasteiger partial charge in [0, 0.05) is 12.4 Å². The number of nitrogens with zero attached hydrogens (tertiary/aromatic N) is 1. The van der Waals surface area contributed by atoms with Crippen LogP contribution in [0.5, 0.6) is 0 Å². The van der Waals surface area contributed by atoms with E-state index in [1.807, 2.05) is 12.4 Å². The summed E-state index contributed by atoms with van der Waals surface area (Å²) in [4.78, 5) is 4.15. The van der Waals surface area contributed by atoms with Gasteiger partial charge in [0.2, 0.25) is 0 Å². The molecule has 1 aliphatic heterocycles. The number of allylic oxidation sites excluding steroid dienone is 1. The SMILES string of the molecule is Cc1ccc2c(c1)C=NC=CC2. The molecular weight excluding hydrogens is 146 g/mol. The molecule has 1 heterocycles. The van der Waals surface area contributed by atoms with Crippen LogP contribution in [-0.4, -0.2) is 6.21 Å². The van der Waals surface area contributed by atoms with Gasteiger partial charge in [0.15, 0.2) is 0 Å². The number of hydrogen-bond donors (Lipinski definition) is 0. The second-order valence-electron chi connectivity index (χ2n) is 3.07. The third-order valence-corrected chi connectivity index (χ3v) is 2.04. The van der Waals surface area contributed by atoms with Gasteiger partial charge in [-0.1, -0.05) is 29.8 Å². The van der Waals surface area contributed by atoms with Gasteiger partial charge in [-0.3, -0.25) is 4.99 Å². The molecule has 0 spiro atoms. The fourth-order valence-electron chi connectivity index (χ4n) is 1.38. The Morgan fingerprint density at radius 3 is 3.17 bits per heavy atom. The predicted molar refractivity (Wildman–Crippen MR) is 51.6 cm³/mol. The molecule has 60 valence electrons. The van der Waals surface area contributed by atoms with Gasteiger partial charge in [-0.15, -0.1) is 0 Å². The van der Waals surface area contributed by atoms with E-state index < -0.39 is 0 Å². The van der Waals surface area contributed by atoms with Crippen LogP contribution < -0.4 is 0 Å². The summed E-state index contributed by atoms with van der Waals surface area (Å²) in [7, 11) is 0.